The first-order valence-corrected chi connectivity index (χ1v) is 4.53. The van der Waals surface area contributed by atoms with Gasteiger partial charge in [-0.15, -0.1) is 0 Å². The first-order chi connectivity index (χ1) is 4.71. The van der Waals surface area contributed by atoms with Gasteiger partial charge in [-0.2, -0.15) is 11.8 Å². The van der Waals surface area contributed by atoms with Gasteiger partial charge < -0.3 is 10.6 Å². The largest absolute Gasteiger partial charge is 0.332 e. The summed E-state index contributed by atoms with van der Waals surface area (Å²) in [6.07, 6.45) is 0. The third-order valence-electron chi connectivity index (χ3n) is 2.16. The van der Waals surface area contributed by atoms with Crippen molar-refractivity contribution >= 4 is 17.8 Å². The molecule has 0 spiro atoms. The van der Waals surface area contributed by atoms with Crippen LogP contribution in [-0.2, 0) is 0 Å². The van der Waals surface area contributed by atoms with E-state index in [0.717, 1.165) is 11.5 Å². The van der Waals surface area contributed by atoms with Crippen molar-refractivity contribution in [2.24, 2.45) is 0 Å². The fraction of sp³-hybridized carbons (Fsp3) is 0.833. The number of urea groups is 1. The highest BCUT2D eigenvalue weighted by atomic mass is 32.2. The molecule has 2 fully saturated rings. The third-order valence-corrected chi connectivity index (χ3v) is 3.53. The van der Waals surface area contributed by atoms with E-state index >= 15 is 0 Å². The van der Waals surface area contributed by atoms with Crippen LogP contribution in [0.5, 0.6) is 0 Å². The number of hydrogen-bond donors (Lipinski definition) is 2. The van der Waals surface area contributed by atoms with E-state index in [2.05, 4.69) is 17.6 Å². The molecule has 2 atom stereocenters. The summed E-state index contributed by atoms with van der Waals surface area (Å²) in [5.74, 6) is 2.09. The number of amides is 2. The number of fused-ring (bicyclic) bond motifs is 1. The van der Waals surface area contributed by atoms with Crippen LogP contribution >= 0.6 is 11.8 Å². The Bertz CT molecular complexity index is 185. The molecule has 2 saturated heterocycles. The van der Waals surface area contributed by atoms with Gasteiger partial charge in [-0.1, -0.05) is 0 Å². The molecule has 2 N–H and O–H groups in total. The summed E-state index contributed by atoms with van der Waals surface area (Å²) in [7, 11) is 0. The Balaban J connectivity index is 2.22. The van der Waals surface area contributed by atoms with Crippen molar-refractivity contribution in [2.75, 3.05) is 11.5 Å². The fourth-order valence-corrected chi connectivity index (χ4v) is 2.95. The number of carbonyl (C=O) groups excluding carboxylic acids is 1. The molecule has 56 valence electrons. The van der Waals surface area contributed by atoms with E-state index in [0.29, 0.717) is 6.04 Å². The van der Waals surface area contributed by atoms with Crippen LogP contribution in [0, 0.1) is 0 Å². The fourth-order valence-electron chi connectivity index (χ4n) is 1.45. The lowest BCUT2D eigenvalue weighted by Crippen LogP contribution is -2.45. The summed E-state index contributed by atoms with van der Waals surface area (Å²) in [6.45, 7) is 2.09. The number of rotatable bonds is 0. The minimum absolute atomic E-state index is 0.00667. The molecule has 2 aliphatic rings. The van der Waals surface area contributed by atoms with Gasteiger partial charge in [0.2, 0.25) is 0 Å². The van der Waals surface area contributed by atoms with Crippen molar-refractivity contribution in [1.29, 1.82) is 0 Å². The third kappa shape index (κ3) is 0.714. The molecule has 0 saturated carbocycles. The number of carbonyl (C=O) groups is 1. The van der Waals surface area contributed by atoms with Gasteiger partial charge in [-0.25, -0.2) is 4.79 Å². The van der Waals surface area contributed by atoms with Gasteiger partial charge in [-0.05, 0) is 6.92 Å². The Morgan fingerprint density at radius 2 is 2.60 bits per heavy atom. The SMILES string of the molecule is CC12CSCC1NC(=O)N2. The van der Waals surface area contributed by atoms with E-state index in [4.69, 9.17) is 0 Å². The second-order valence-corrected chi connectivity index (χ2v) is 4.11. The van der Waals surface area contributed by atoms with Crippen LogP contribution in [0.15, 0.2) is 0 Å². The molecule has 0 aliphatic carbocycles. The maximum absolute atomic E-state index is 10.8. The van der Waals surface area contributed by atoms with E-state index in [1.54, 1.807) is 0 Å². The number of thioether (sulfide) groups is 1. The average molecular weight is 158 g/mol. The second-order valence-electron chi connectivity index (χ2n) is 3.08. The quantitative estimate of drug-likeness (QED) is 0.493. The highest BCUT2D eigenvalue weighted by Crippen LogP contribution is 2.30. The van der Waals surface area contributed by atoms with Crippen molar-refractivity contribution in [3.8, 4) is 0 Å². The molecule has 0 aromatic rings. The molecule has 2 heterocycles. The zero-order valence-electron chi connectivity index (χ0n) is 5.81. The lowest BCUT2D eigenvalue weighted by atomic mass is 9.99. The molecule has 2 unspecified atom stereocenters. The molecule has 0 aromatic carbocycles. The van der Waals surface area contributed by atoms with Crippen LogP contribution in [0.1, 0.15) is 6.92 Å². The van der Waals surface area contributed by atoms with Gasteiger partial charge in [0, 0.05) is 11.5 Å². The van der Waals surface area contributed by atoms with Crippen molar-refractivity contribution in [3.63, 3.8) is 0 Å². The maximum Gasteiger partial charge on any atom is 0.315 e. The molecule has 0 aromatic heterocycles. The van der Waals surface area contributed by atoms with E-state index in [-0.39, 0.29) is 11.6 Å². The minimum Gasteiger partial charge on any atom is -0.332 e. The molecule has 3 nitrogen and oxygen atoms in total. The van der Waals surface area contributed by atoms with Gasteiger partial charge in [0.1, 0.15) is 0 Å². The van der Waals surface area contributed by atoms with Crippen molar-refractivity contribution in [2.45, 2.75) is 18.5 Å². The predicted octanol–water partition coefficient (Wildman–Crippen LogP) is 0.173. The lowest BCUT2D eigenvalue weighted by Gasteiger charge is -2.20. The van der Waals surface area contributed by atoms with Gasteiger partial charge >= 0.3 is 6.03 Å². The smallest absolute Gasteiger partial charge is 0.315 e. The Morgan fingerprint density at radius 3 is 3.30 bits per heavy atom. The maximum atomic E-state index is 10.8. The molecule has 2 rings (SSSR count). The summed E-state index contributed by atoms with van der Waals surface area (Å²) in [6, 6.07) is 0.345. The Kier molecular flexibility index (Phi) is 1.15. The molecule has 4 heteroatoms. The van der Waals surface area contributed by atoms with Gasteiger partial charge in [0.25, 0.3) is 0 Å². The molecule has 2 amide bonds. The monoisotopic (exact) mass is 158 g/mol. The van der Waals surface area contributed by atoms with Crippen molar-refractivity contribution in [3.05, 3.63) is 0 Å². The zero-order chi connectivity index (χ0) is 7.19. The van der Waals surface area contributed by atoms with E-state index < -0.39 is 0 Å². The second kappa shape index (κ2) is 1.81. The van der Waals surface area contributed by atoms with Crippen LogP contribution in [0.25, 0.3) is 0 Å². The van der Waals surface area contributed by atoms with Crippen LogP contribution in [0.3, 0.4) is 0 Å². The molecule has 10 heavy (non-hydrogen) atoms. The highest BCUT2D eigenvalue weighted by molar-refractivity contribution is 7.99. The molecular weight excluding hydrogens is 148 g/mol. The normalized spacial score (nSPS) is 44.5. The molecule has 0 bridgehead atoms. The standard InChI is InChI=1S/C6H10N2OS/c1-6-3-10-2-4(6)7-5(9)8-6/h4H,2-3H2,1H3,(H2,7,8,9). The van der Waals surface area contributed by atoms with Gasteiger partial charge in [0.15, 0.2) is 0 Å². The summed E-state index contributed by atoms with van der Waals surface area (Å²) in [4.78, 5) is 10.8. The van der Waals surface area contributed by atoms with Crippen LogP contribution in [0.2, 0.25) is 0 Å². The predicted molar refractivity (Wildman–Crippen MR) is 41.2 cm³/mol. The van der Waals surface area contributed by atoms with Crippen LogP contribution in [-0.4, -0.2) is 29.1 Å². The molecule has 0 radical (unpaired) electrons. The van der Waals surface area contributed by atoms with Crippen molar-refractivity contribution in [1.82, 2.24) is 10.6 Å². The Hall–Kier alpha value is -0.380. The first kappa shape index (κ1) is 6.34. The van der Waals surface area contributed by atoms with Gasteiger partial charge in [0.05, 0.1) is 11.6 Å². The summed E-state index contributed by atoms with van der Waals surface area (Å²) in [5.41, 5.74) is 0.0295. The van der Waals surface area contributed by atoms with E-state index in [1.807, 2.05) is 11.8 Å². The van der Waals surface area contributed by atoms with E-state index in [9.17, 15) is 4.79 Å². The summed E-state index contributed by atoms with van der Waals surface area (Å²) >= 11 is 1.89. The highest BCUT2D eigenvalue weighted by Gasteiger charge is 2.46. The summed E-state index contributed by atoms with van der Waals surface area (Å²) in [5, 5.41) is 5.81. The molecular formula is C6H10N2OS. The van der Waals surface area contributed by atoms with Crippen molar-refractivity contribution < 1.29 is 4.79 Å². The molecule has 2 aliphatic heterocycles. The zero-order valence-corrected chi connectivity index (χ0v) is 6.62. The average Bonchev–Trinajstić information content (AvgIpc) is 2.20. The topological polar surface area (TPSA) is 41.1 Å². The number of hydrogen-bond acceptors (Lipinski definition) is 2. The summed E-state index contributed by atoms with van der Waals surface area (Å²) < 4.78 is 0. The van der Waals surface area contributed by atoms with E-state index in [1.165, 1.54) is 0 Å². The number of nitrogens with one attached hydrogen (secondary N) is 2. The first-order valence-electron chi connectivity index (χ1n) is 3.37. The Labute approximate surface area is 63.9 Å². The van der Waals surface area contributed by atoms with Gasteiger partial charge in [-0.3, -0.25) is 0 Å². The Morgan fingerprint density at radius 1 is 1.80 bits per heavy atom. The minimum atomic E-state index is -0.00667. The van der Waals surface area contributed by atoms with Crippen LogP contribution < -0.4 is 10.6 Å². The van der Waals surface area contributed by atoms with Crippen LogP contribution in [0.4, 0.5) is 4.79 Å². The lowest BCUT2D eigenvalue weighted by molar-refractivity contribution is 0.246.